The predicted molar refractivity (Wildman–Crippen MR) is 65.0 cm³/mol. The maximum atomic E-state index is 13.4. The maximum absolute atomic E-state index is 13.4. The van der Waals surface area contributed by atoms with Crippen molar-refractivity contribution in [3.05, 3.63) is 53.6 Å². The molecule has 1 aromatic carbocycles. The van der Waals surface area contributed by atoms with Crippen molar-refractivity contribution < 1.29 is 9.13 Å². The molecule has 0 aliphatic heterocycles. The summed E-state index contributed by atoms with van der Waals surface area (Å²) in [7, 11) is 0. The molecule has 3 nitrogen and oxygen atoms in total. The van der Waals surface area contributed by atoms with Gasteiger partial charge in [-0.15, -0.1) is 11.6 Å². The van der Waals surface area contributed by atoms with E-state index in [1.54, 1.807) is 18.3 Å². The van der Waals surface area contributed by atoms with E-state index in [1.807, 2.05) is 0 Å². The summed E-state index contributed by atoms with van der Waals surface area (Å²) in [5, 5.41) is 8.87. The van der Waals surface area contributed by atoms with Crippen LogP contribution < -0.4 is 4.74 Å². The molecule has 90 valence electrons. The predicted octanol–water partition coefficient (Wildman–Crippen LogP) is 3.62. The monoisotopic (exact) mass is 262 g/mol. The van der Waals surface area contributed by atoms with Crippen molar-refractivity contribution in [2.24, 2.45) is 0 Å². The molecule has 0 unspecified atom stereocenters. The van der Waals surface area contributed by atoms with Gasteiger partial charge in [0.1, 0.15) is 28.9 Å². The zero-order valence-electron chi connectivity index (χ0n) is 9.23. The molecular formula is C13H8ClFN2O. The van der Waals surface area contributed by atoms with Gasteiger partial charge in [-0.05, 0) is 23.8 Å². The van der Waals surface area contributed by atoms with E-state index >= 15 is 0 Å². The maximum Gasteiger partial charge on any atom is 0.148 e. The van der Waals surface area contributed by atoms with Gasteiger partial charge in [0.2, 0.25) is 0 Å². The average molecular weight is 263 g/mol. The Kier molecular flexibility index (Phi) is 3.75. The molecule has 0 saturated carbocycles. The van der Waals surface area contributed by atoms with E-state index in [4.69, 9.17) is 21.6 Å². The zero-order chi connectivity index (χ0) is 13.0. The van der Waals surface area contributed by atoms with E-state index in [0.29, 0.717) is 11.6 Å². The average Bonchev–Trinajstić information content (AvgIpc) is 2.39. The van der Waals surface area contributed by atoms with Crippen LogP contribution in [0.15, 0.2) is 36.7 Å². The Morgan fingerprint density at radius 2 is 2.22 bits per heavy atom. The van der Waals surface area contributed by atoms with Crippen LogP contribution in [-0.4, -0.2) is 4.98 Å². The minimum absolute atomic E-state index is 0.131. The summed E-state index contributed by atoms with van der Waals surface area (Å²) in [5.41, 5.74) is 0.651. The van der Waals surface area contributed by atoms with E-state index in [2.05, 4.69) is 4.98 Å². The number of ether oxygens (including phenoxy) is 1. The Balaban J connectivity index is 2.34. The number of nitrogens with zero attached hydrogens (tertiary/aromatic N) is 2. The van der Waals surface area contributed by atoms with Gasteiger partial charge in [0.05, 0.1) is 6.20 Å². The number of rotatable bonds is 3. The third-order valence-corrected chi connectivity index (χ3v) is 2.55. The van der Waals surface area contributed by atoms with Crippen molar-refractivity contribution in [3.8, 4) is 17.6 Å². The number of hydrogen-bond acceptors (Lipinski definition) is 3. The Hall–Kier alpha value is -2.12. The SMILES string of the molecule is N#Cc1c(F)cccc1Oc1cncc(CCl)c1. The molecule has 0 spiro atoms. The van der Waals surface area contributed by atoms with Gasteiger partial charge in [0.25, 0.3) is 0 Å². The van der Waals surface area contributed by atoms with Crippen LogP contribution in [0.2, 0.25) is 0 Å². The molecular weight excluding hydrogens is 255 g/mol. The number of aromatic nitrogens is 1. The highest BCUT2D eigenvalue weighted by Gasteiger charge is 2.10. The van der Waals surface area contributed by atoms with Crippen LogP contribution in [0.1, 0.15) is 11.1 Å². The van der Waals surface area contributed by atoms with Crippen LogP contribution in [0.25, 0.3) is 0 Å². The van der Waals surface area contributed by atoms with E-state index < -0.39 is 5.82 Å². The van der Waals surface area contributed by atoms with Gasteiger partial charge in [0, 0.05) is 12.1 Å². The first-order chi connectivity index (χ1) is 8.74. The number of hydrogen-bond donors (Lipinski definition) is 0. The molecule has 0 bridgehead atoms. The third-order valence-electron chi connectivity index (χ3n) is 2.24. The first-order valence-electron chi connectivity index (χ1n) is 5.11. The van der Waals surface area contributed by atoms with Crippen LogP contribution in [0.4, 0.5) is 4.39 Å². The minimum Gasteiger partial charge on any atom is -0.454 e. The van der Waals surface area contributed by atoms with Gasteiger partial charge in [-0.3, -0.25) is 4.98 Å². The summed E-state index contributed by atoms with van der Waals surface area (Å²) >= 11 is 5.68. The molecule has 1 aromatic heterocycles. The fourth-order valence-electron chi connectivity index (χ4n) is 1.42. The largest absolute Gasteiger partial charge is 0.454 e. The smallest absolute Gasteiger partial charge is 0.148 e. The fourth-order valence-corrected chi connectivity index (χ4v) is 1.56. The minimum atomic E-state index is -0.614. The van der Waals surface area contributed by atoms with Gasteiger partial charge in [-0.2, -0.15) is 5.26 Å². The van der Waals surface area contributed by atoms with Crippen molar-refractivity contribution in [2.45, 2.75) is 5.88 Å². The van der Waals surface area contributed by atoms with Gasteiger partial charge >= 0.3 is 0 Å². The molecule has 0 radical (unpaired) electrons. The van der Waals surface area contributed by atoms with Crippen molar-refractivity contribution >= 4 is 11.6 Å². The van der Waals surface area contributed by atoms with Crippen LogP contribution in [-0.2, 0) is 5.88 Å². The lowest BCUT2D eigenvalue weighted by atomic mass is 10.2. The van der Waals surface area contributed by atoms with E-state index in [9.17, 15) is 4.39 Å². The molecule has 0 N–H and O–H groups in total. The third kappa shape index (κ3) is 2.58. The lowest BCUT2D eigenvalue weighted by Crippen LogP contribution is -1.92. The van der Waals surface area contributed by atoms with Crippen LogP contribution in [0, 0.1) is 17.1 Å². The highest BCUT2D eigenvalue weighted by molar-refractivity contribution is 6.17. The van der Waals surface area contributed by atoms with Crippen molar-refractivity contribution in [3.63, 3.8) is 0 Å². The Morgan fingerprint density at radius 3 is 2.94 bits per heavy atom. The van der Waals surface area contributed by atoms with Crippen molar-refractivity contribution in [1.29, 1.82) is 5.26 Å². The lowest BCUT2D eigenvalue weighted by molar-refractivity contribution is 0.471. The van der Waals surface area contributed by atoms with Gasteiger partial charge in [-0.1, -0.05) is 6.07 Å². The topological polar surface area (TPSA) is 45.9 Å². The van der Waals surface area contributed by atoms with Crippen molar-refractivity contribution in [2.75, 3.05) is 0 Å². The van der Waals surface area contributed by atoms with Crippen LogP contribution >= 0.6 is 11.6 Å². The number of pyridine rings is 1. The second-order valence-electron chi connectivity index (χ2n) is 3.49. The van der Waals surface area contributed by atoms with E-state index in [-0.39, 0.29) is 11.3 Å². The van der Waals surface area contributed by atoms with E-state index in [1.165, 1.54) is 24.4 Å². The Morgan fingerprint density at radius 1 is 1.39 bits per heavy atom. The van der Waals surface area contributed by atoms with Gasteiger partial charge < -0.3 is 4.74 Å². The molecule has 1 heterocycles. The molecule has 0 aliphatic rings. The van der Waals surface area contributed by atoms with Crippen LogP contribution in [0.3, 0.4) is 0 Å². The summed E-state index contributed by atoms with van der Waals surface area (Å²) < 4.78 is 18.8. The number of alkyl halides is 1. The molecule has 2 rings (SSSR count). The molecule has 0 atom stereocenters. The molecule has 0 fully saturated rings. The summed E-state index contributed by atoms with van der Waals surface area (Å²) in [6.07, 6.45) is 3.08. The number of halogens is 2. The van der Waals surface area contributed by atoms with Gasteiger partial charge in [-0.25, -0.2) is 4.39 Å². The molecule has 0 saturated heterocycles. The second-order valence-corrected chi connectivity index (χ2v) is 3.76. The molecule has 18 heavy (non-hydrogen) atoms. The zero-order valence-corrected chi connectivity index (χ0v) is 9.99. The number of benzene rings is 1. The summed E-state index contributed by atoms with van der Waals surface area (Å²) in [4.78, 5) is 3.94. The highest BCUT2D eigenvalue weighted by atomic mass is 35.5. The quantitative estimate of drug-likeness (QED) is 0.794. The molecule has 0 amide bonds. The Bertz CT molecular complexity index is 610. The van der Waals surface area contributed by atoms with Gasteiger partial charge in [0.15, 0.2) is 0 Å². The lowest BCUT2D eigenvalue weighted by Gasteiger charge is -2.08. The van der Waals surface area contributed by atoms with E-state index in [0.717, 1.165) is 5.56 Å². The Labute approximate surface area is 108 Å². The molecule has 0 aliphatic carbocycles. The standard InChI is InChI=1S/C13H8ClFN2O/c14-5-9-4-10(8-17-7-9)18-13-3-1-2-12(15)11(13)6-16/h1-4,7-8H,5H2. The highest BCUT2D eigenvalue weighted by Crippen LogP contribution is 2.26. The first-order valence-corrected chi connectivity index (χ1v) is 5.64. The molecule has 5 heteroatoms. The summed E-state index contributed by atoms with van der Waals surface area (Å²) in [6.45, 7) is 0. The van der Waals surface area contributed by atoms with Crippen molar-refractivity contribution in [1.82, 2.24) is 4.98 Å². The number of nitriles is 1. The first kappa shape index (κ1) is 12.3. The molecule has 2 aromatic rings. The normalized spacial score (nSPS) is 9.83. The fraction of sp³-hybridized carbons (Fsp3) is 0.0769. The van der Waals surface area contributed by atoms with Crippen LogP contribution in [0.5, 0.6) is 11.5 Å². The summed E-state index contributed by atoms with van der Waals surface area (Å²) in [5.74, 6) is 0.260. The second kappa shape index (κ2) is 5.48. The summed E-state index contributed by atoms with van der Waals surface area (Å²) in [6, 6.07) is 7.66.